The molecule has 0 saturated heterocycles. The van der Waals surface area contributed by atoms with Crippen LogP contribution in [0.5, 0.6) is 11.5 Å². The molecule has 0 bridgehead atoms. The summed E-state index contributed by atoms with van der Waals surface area (Å²) in [5.74, 6) is -0.782. The molecule has 6 aromatic rings. The molecular weight excluding hydrogens is 781 g/mol. The first-order chi connectivity index (χ1) is 30.7. The van der Waals surface area contributed by atoms with Gasteiger partial charge in [-0.15, -0.1) is 0 Å². The molecule has 0 spiro atoms. The minimum Gasteiger partial charge on any atom is -0.422 e. The minimum absolute atomic E-state index is 0.0752. The topological polar surface area (TPSA) is 107 Å². The number of esters is 2. The molecule has 1 unspecified atom stereocenters. The monoisotopic (exact) mass is 830 g/mol. The van der Waals surface area contributed by atoms with Crippen molar-refractivity contribution in [1.29, 1.82) is 10.5 Å². The van der Waals surface area contributed by atoms with Crippen LogP contribution in [-0.2, 0) is 15.0 Å². The van der Waals surface area contributed by atoms with Gasteiger partial charge in [-0.2, -0.15) is 10.5 Å². The SMILES string of the molecule is CCN(CC)c1ccc(C=C(C#N)C(=O)Oc2ccc(C3(c4ccc(OC(=O)C(C#N)=Cc5ccc(N(CC)CC)cc5)cc4)CC(c4ccccc4)c4ccccc43)cc2)cc1. The number of hydrogen-bond acceptors (Lipinski definition) is 8. The van der Waals surface area contributed by atoms with E-state index in [1.807, 2.05) is 97.1 Å². The maximum atomic E-state index is 13.3. The van der Waals surface area contributed by atoms with Gasteiger partial charge in [0.15, 0.2) is 0 Å². The number of anilines is 2. The van der Waals surface area contributed by atoms with Gasteiger partial charge in [0, 0.05) is 48.9 Å². The summed E-state index contributed by atoms with van der Waals surface area (Å²) < 4.78 is 11.6. The predicted molar refractivity (Wildman–Crippen MR) is 251 cm³/mol. The van der Waals surface area contributed by atoms with Gasteiger partial charge in [0.1, 0.15) is 34.8 Å². The fraction of sp³-hybridized carbons (Fsp3) is 0.200. The first-order valence-corrected chi connectivity index (χ1v) is 21.5. The Morgan fingerprint density at radius 1 is 0.571 bits per heavy atom. The van der Waals surface area contributed by atoms with Crippen molar-refractivity contribution in [1.82, 2.24) is 0 Å². The average molecular weight is 831 g/mol. The zero-order chi connectivity index (χ0) is 44.3. The molecule has 1 atom stereocenters. The van der Waals surface area contributed by atoms with Crippen LogP contribution in [0.1, 0.15) is 79.0 Å². The van der Waals surface area contributed by atoms with Crippen LogP contribution in [0, 0.1) is 22.7 Å². The number of nitrogens with zero attached hydrogens (tertiary/aromatic N) is 4. The molecule has 8 nitrogen and oxygen atoms in total. The quantitative estimate of drug-likeness (QED) is 0.0436. The summed E-state index contributed by atoms with van der Waals surface area (Å²) in [5, 5.41) is 19.9. The summed E-state index contributed by atoms with van der Waals surface area (Å²) in [7, 11) is 0. The Labute approximate surface area is 370 Å². The molecule has 0 saturated carbocycles. The maximum Gasteiger partial charge on any atom is 0.354 e. The Kier molecular flexibility index (Phi) is 13.6. The summed E-state index contributed by atoms with van der Waals surface area (Å²) >= 11 is 0. The van der Waals surface area contributed by atoms with Crippen molar-refractivity contribution in [3.63, 3.8) is 0 Å². The van der Waals surface area contributed by atoms with Crippen LogP contribution >= 0.6 is 0 Å². The van der Waals surface area contributed by atoms with Crippen molar-refractivity contribution >= 4 is 35.5 Å². The summed E-state index contributed by atoms with van der Waals surface area (Å²) in [6.07, 6.45) is 3.79. The van der Waals surface area contributed by atoms with E-state index in [0.717, 1.165) is 65.4 Å². The first-order valence-electron chi connectivity index (χ1n) is 21.5. The summed E-state index contributed by atoms with van der Waals surface area (Å²) in [5.41, 5.74) is 8.22. The lowest BCUT2D eigenvalue weighted by Crippen LogP contribution is -2.27. The van der Waals surface area contributed by atoms with Gasteiger partial charge in [-0.05, 0) is 134 Å². The van der Waals surface area contributed by atoms with Crippen LogP contribution in [0.4, 0.5) is 11.4 Å². The highest BCUT2D eigenvalue weighted by atomic mass is 16.5. The van der Waals surface area contributed by atoms with Crippen LogP contribution in [0.2, 0.25) is 0 Å². The zero-order valence-electron chi connectivity index (χ0n) is 36.1. The van der Waals surface area contributed by atoms with Crippen molar-refractivity contribution in [3.05, 3.63) is 202 Å². The number of ether oxygens (including phenoxy) is 2. The molecule has 1 aliphatic carbocycles. The molecule has 0 amide bonds. The van der Waals surface area contributed by atoms with Crippen molar-refractivity contribution < 1.29 is 19.1 Å². The molecule has 6 aromatic carbocycles. The molecular formula is C55H50N4O4. The summed E-state index contributed by atoms with van der Waals surface area (Å²) in [6.45, 7) is 11.9. The van der Waals surface area contributed by atoms with Gasteiger partial charge in [-0.25, -0.2) is 9.59 Å². The van der Waals surface area contributed by atoms with Gasteiger partial charge in [0.05, 0.1) is 0 Å². The Hall–Kier alpha value is -7.68. The molecule has 0 radical (unpaired) electrons. The molecule has 63 heavy (non-hydrogen) atoms. The fourth-order valence-electron chi connectivity index (χ4n) is 8.70. The molecule has 314 valence electrons. The van der Waals surface area contributed by atoms with Crippen LogP contribution in [0.25, 0.3) is 12.2 Å². The van der Waals surface area contributed by atoms with E-state index >= 15 is 0 Å². The van der Waals surface area contributed by atoms with Gasteiger partial charge >= 0.3 is 11.9 Å². The lowest BCUT2D eigenvalue weighted by atomic mass is 9.69. The highest BCUT2D eigenvalue weighted by Crippen LogP contribution is 2.56. The van der Waals surface area contributed by atoms with E-state index in [0.29, 0.717) is 17.9 Å². The van der Waals surface area contributed by atoms with E-state index in [1.54, 1.807) is 36.4 Å². The lowest BCUT2D eigenvalue weighted by molar-refractivity contribution is -0.130. The third-order valence-electron chi connectivity index (χ3n) is 12.0. The average Bonchev–Trinajstić information content (AvgIpc) is 3.68. The van der Waals surface area contributed by atoms with Gasteiger partial charge < -0.3 is 19.3 Å². The van der Waals surface area contributed by atoms with Gasteiger partial charge in [0.2, 0.25) is 0 Å². The third-order valence-corrected chi connectivity index (χ3v) is 12.0. The van der Waals surface area contributed by atoms with Crippen molar-refractivity contribution in [2.24, 2.45) is 0 Å². The predicted octanol–water partition coefficient (Wildman–Crippen LogP) is 11.3. The number of rotatable bonds is 15. The molecule has 7 rings (SSSR count). The lowest BCUT2D eigenvalue weighted by Gasteiger charge is -2.33. The molecule has 8 heteroatoms. The second-order valence-electron chi connectivity index (χ2n) is 15.4. The smallest absolute Gasteiger partial charge is 0.354 e. The Balaban J connectivity index is 1.17. The first kappa shape index (κ1) is 43.4. The Morgan fingerprint density at radius 2 is 0.984 bits per heavy atom. The summed E-state index contributed by atoms with van der Waals surface area (Å²) in [4.78, 5) is 31.1. The van der Waals surface area contributed by atoms with E-state index in [-0.39, 0.29) is 17.1 Å². The van der Waals surface area contributed by atoms with E-state index in [9.17, 15) is 20.1 Å². The number of fused-ring (bicyclic) bond motifs is 1. The third kappa shape index (κ3) is 9.32. The zero-order valence-corrected chi connectivity index (χ0v) is 36.1. The molecule has 0 heterocycles. The second kappa shape index (κ2) is 19.8. The highest BCUT2D eigenvalue weighted by molar-refractivity contribution is 6.00. The van der Waals surface area contributed by atoms with Crippen LogP contribution in [0.15, 0.2) is 163 Å². The number of carbonyl (C=O) groups excluding carboxylic acids is 2. The largest absolute Gasteiger partial charge is 0.422 e. The van der Waals surface area contributed by atoms with Crippen LogP contribution in [-0.4, -0.2) is 38.1 Å². The molecule has 0 fully saturated rings. The standard InChI is InChI=1S/C55H50N4O4/c1-5-58(6-2)46-26-18-39(19-27-46)34-42(37-56)53(60)62-48-30-22-44(23-31-48)55(36-51(41-14-10-9-11-15-41)50-16-12-13-17-52(50)55)45-24-32-49(33-25-45)63-54(61)43(38-57)35-40-20-28-47(29-21-40)59(7-3)8-4/h9-35,51H,5-8,36H2,1-4H3. The second-order valence-corrected chi connectivity index (χ2v) is 15.4. The minimum atomic E-state index is -0.740. The fourth-order valence-corrected chi connectivity index (χ4v) is 8.70. The van der Waals surface area contributed by atoms with Crippen molar-refractivity contribution in [3.8, 4) is 23.6 Å². The van der Waals surface area contributed by atoms with Gasteiger partial charge in [-0.3, -0.25) is 0 Å². The van der Waals surface area contributed by atoms with E-state index < -0.39 is 17.4 Å². The van der Waals surface area contributed by atoms with E-state index in [4.69, 9.17) is 9.47 Å². The van der Waals surface area contributed by atoms with Gasteiger partial charge in [-0.1, -0.05) is 103 Å². The van der Waals surface area contributed by atoms with Crippen molar-refractivity contribution in [2.75, 3.05) is 36.0 Å². The number of carbonyl (C=O) groups is 2. The number of nitriles is 2. The maximum absolute atomic E-state index is 13.3. The highest BCUT2D eigenvalue weighted by Gasteiger charge is 2.46. The van der Waals surface area contributed by atoms with Crippen molar-refractivity contribution in [2.45, 2.75) is 45.4 Å². The van der Waals surface area contributed by atoms with E-state index in [2.05, 4.69) is 80.0 Å². The molecule has 0 N–H and O–H groups in total. The molecule has 0 aliphatic heterocycles. The molecule has 0 aromatic heterocycles. The normalized spacial score (nSPS) is 15.7. The Bertz CT molecular complexity index is 2540. The van der Waals surface area contributed by atoms with Gasteiger partial charge in [0.25, 0.3) is 0 Å². The van der Waals surface area contributed by atoms with Crippen LogP contribution < -0.4 is 19.3 Å². The molecule has 1 aliphatic rings. The van der Waals surface area contributed by atoms with E-state index in [1.165, 1.54) is 11.1 Å². The van der Waals surface area contributed by atoms with Crippen LogP contribution in [0.3, 0.4) is 0 Å². The summed E-state index contributed by atoms with van der Waals surface area (Å²) in [6, 6.07) is 53.4. The Morgan fingerprint density at radius 3 is 1.40 bits per heavy atom. The number of benzene rings is 6. The number of hydrogen-bond donors (Lipinski definition) is 0.